The highest BCUT2D eigenvalue weighted by Gasteiger charge is 2.22. The highest BCUT2D eigenvalue weighted by atomic mass is 19.1. The SMILES string of the molecule is O=C(c1cc(Nc2c(F)cccc2F)nc(-c2ccccc2)n1)N1CCCCC1. The van der Waals surface area contributed by atoms with Gasteiger partial charge in [0.05, 0.1) is 0 Å². The molecule has 7 heteroatoms. The van der Waals surface area contributed by atoms with Gasteiger partial charge in [-0.2, -0.15) is 0 Å². The third-order valence-corrected chi connectivity index (χ3v) is 4.84. The lowest BCUT2D eigenvalue weighted by molar-refractivity contribution is 0.0718. The molecule has 5 nitrogen and oxygen atoms in total. The fourth-order valence-electron chi connectivity index (χ4n) is 3.34. The van der Waals surface area contributed by atoms with Crippen molar-refractivity contribution in [3.05, 3.63) is 71.9 Å². The van der Waals surface area contributed by atoms with E-state index in [1.54, 1.807) is 4.90 Å². The van der Waals surface area contributed by atoms with Gasteiger partial charge in [0.1, 0.15) is 28.8 Å². The van der Waals surface area contributed by atoms with Crippen LogP contribution in [0.4, 0.5) is 20.3 Å². The van der Waals surface area contributed by atoms with Crippen molar-refractivity contribution in [3.8, 4) is 11.4 Å². The Hall–Kier alpha value is -3.35. The quantitative estimate of drug-likeness (QED) is 0.691. The van der Waals surface area contributed by atoms with Gasteiger partial charge in [-0.1, -0.05) is 36.4 Å². The number of carbonyl (C=O) groups is 1. The van der Waals surface area contributed by atoms with Crippen molar-refractivity contribution in [1.29, 1.82) is 0 Å². The zero-order valence-corrected chi connectivity index (χ0v) is 15.7. The predicted octanol–water partition coefficient (Wildman–Crippen LogP) is 4.79. The molecular formula is C22H20F2N4O. The molecule has 0 atom stereocenters. The van der Waals surface area contributed by atoms with E-state index in [-0.39, 0.29) is 23.1 Å². The maximum Gasteiger partial charge on any atom is 0.272 e. The van der Waals surface area contributed by atoms with Crippen LogP contribution >= 0.6 is 0 Å². The van der Waals surface area contributed by atoms with E-state index in [4.69, 9.17) is 0 Å². The van der Waals surface area contributed by atoms with E-state index in [0.717, 1.165) is 31.4 Å². The monoisotopic (exact) mass is 394 g/mol. The number of anilines is 2. The number of para-hydroxylation sites is 1. The second kappa shape index (κ2) is 8.34. The summed E-state index contributed by atoms with van der Waals surface area (Å²) in [6.45, 7) is 1.35. The molecule has 1 fully saturated rings. The fourth-order valence-corrected chi connectivity index (χ4v) is 3.34. The minimum Gasteiger partial charge on any atom is -0.337 e. The zero-order chi connectivity index (χ0) is 20.2. The Morgan fingerprint density at radius 3 is 2.28 bits per heavy atom. The number of aromatic nitrogens is 2. The van der Waals surface area contributed by atoms with Crippen LogP contribution in [-0.2, 0) is 0 Å². The molecule has 1 N–H and O–H groups in total. The van der Waals surface area contributed by atoms with Crippen LogP contribution < -0.4 is 5.32 Å². The predicted molar refractivity (Wildman–Crippen MR) is 107 cm³/mol. The lowest BCUT2D eigenvalue weighted by atomic mass is 10.1. The van der Waals surface area contributed by atoms with Crippen molar-refractivity contribution in [2.75, 3.05) is 18.4 Å². The molecule has 1 aliphatic rings. The van der Waals surface area contributed by atoms with Crippen LogP contribution in [0.1, 0.15) is 29.8 Å². The van der Waals surface area contributed by atoms with E-state index in [9.17, 15) is 13.6 Å². The molecule has 2 heterocycles. The topological polar surface area (TPSA) is 58.1 Å². The van der Waals surface area contributed by atoms with E-state index in [1.165, 1.54) is 12.1 Å². The minimum absolute atomic E-state index is 0.156. The van der Waals surface area contributed by atoms with Gasteiger partial charge in [0.15, 0.2) is 5.82 Å². The molecule has 0 saturated carbocycles. The molecule has 4 rings (SSSR count). The average molecular weight is 394 g/mol. The molecule has 1 saturated heterocycles. The molecule has 0 bridgehead atoms. The molecule has 0 spiro atoms. The summed E-state index contributed by atoms with van der Waals surface area (Å²) >= 11 is 0. The van der Waals surface area contributed by atoms with E-state index in [1.807, 2.05) is 30.3 Å². The first-order valence-corrected chi connectivity index (χ1v) is 9.56. The van der Waals surface area contributed by atoms with Crippen LogP contribution in [0.25, 0.3) is 11.4 Å². The van der Waals surface area contributed by atoms with E-state index in [2.05, 4.69) is 15.3 Å². The number of nitrogens with one attached hydrogen (secondary N) is 1. The van der Waals surface area contributed by atoms with E-state index >= 15 is 0 Å². The van der Waals surface area contributed by atoms with Crippen LogP contribution in [0.2, 0.25) is 0 Å². The second-order valence-corrected chi connectivity index (χ2v) is 6.90. The van der Waals surface area contributed by atoms with Crippen LogP contribution in [0, 0.1) is 11.6 Å². The smallest absolute Gasteiger partial charge is 0.272 e. The average Bonchev–Trinajstić information content (AvgIpc) is 2.77. The third-order valence-electron chi connectivity index (χ3n) is 4.84. The highest BCUT2D eigenvalue weighted by molar-refractivity contribution is 5.93. The number of benzene rings is 2. The minimum atomic E-state index is -0.742. The normalized spacial score (nSPS) is 13.9. The standard InChI is InChI=1S/C22H20F2N4O/c23-16-10-7-11-17(24)20(16)26-19-14-18(22(29)28-12-5-2-6-13-28)25-21(27-19)15-8-3-1-4-9-15/h1,3-4,7-11,14H,2,5-6,12-13H2,(H,25,26,27). The van der Waals surface area contributed by atoms with Crippen LogP contribution in [0.5, 0.6) is 0 Å². The molecule has 1 amide bonds. The Labute approximate surface area is 167 Å². The van der Waals surface area contributed by atoms with Crippen molar-refractivity contribution >= 4 is 17.4 Å². The Morgan fingerprint density at radius 1 is 0.897 bits per heavy atom. The van der Waals surface area contributed by atoms with Crippen LogP contribution in [-0.4, -0.2) is 33.9 Å². The lowest BCUT2D eigenvalue weighted by Crippen LogP contribution is -2.36. The Balaban J connectivity index is 1.75. The van der Waals surface area contributed by atoms with Gasteiger partial charge in [-0.05, 0) is 31.4 Å². The van der Waals surface area contributed by atoms with E-state index in [0.29, 0.717) is 24.5 Å². The summed E-state index contributed by atoms with van der Waals surface area (Å²) in [6, 6.07) is 14.2. The van der Waals surface area contributed by atoms with Crippen LogP contribution in [0.15, 0.2) is 54.6 Å². The number of hydrogen-bond donors (Lipinski definition) is 1. The van der Waals surface area contributed by atoms with Crippen molar-refractivity contribution in [3.63, 3.8) is 0 Å². The summed E-state index contributed by atoms with van der Waals surface area (Å²) in [7, 11) is 0. The molecule has 1 aliphatic heterocycles. The van der Waals surface area contributed by atoms with Crippen molar-refractivity contribution in [2.45, 2.75) is 19.3 Å². The first-order valence-electron chi connectivity index (χ1n) is 9.56. The summed E-state index contributed by atoms with van der Waals surface area (Å²) in [5.74, 6) is -1.22. The number of nitrogens with zero attached hydrogens (tertiary/aromatic N) is 3. The number of halogens is 2. The van der Waals surface area contributed by atoms with Gasteiger partial charge in [-0.15, -0.1) is 0 Å². The van der Waals surface area contributed by atoms with Gasteiger partial charge in [-0.25, -0.2) is 18.7 Å². The summed E-state index contributed by atoms with van der Waals surface area (Å²) in [4.78, 5) is 23.6. The Kier molecular flexibility index (Phi) is 5.46. The molecule has 148 valence electrons. The number of piperidine rings is 1. The van der Waals surface area contributed by atoms with Crippen LogP contribution in [0.3, 0.4) is 0 Å². The zero-order valence-electron chi connectivity index (χ0n) is 15.7. The molecule has 1 aromatic heterocycles. The van der Waals surface area contributed by atoms with Crippen molar-refractivity contribution in [2.24, 2.45) is 0 Å². The lowest BCUT2D eigenvalue weighted by Gasteiger charge is -2.26. The second-order valence-electron chi connectivity index (χ2n) is 6.90. The maximum atomic E-state index is 14.1. The first-order chi connectivity index (χ1) is 14.1. The number of likely N-dealkylation sites (tertiary alicyclic amines) is 1. The summed E-state index contributed by atoms with van der Waals surface area (Å²) < 4.78 is 28.2. The summed E-state index contributed by atoms with van der Waals surface area (Å²) in [5.41, 5.74) is 0.583. The number of hydrogen-bond acceptors (Lipinski definition) is 4. The number of carbonyl (C=O) groups excluding carboxylic acids is 1. The first kappa shape index (κ1) is 19.0. The third kappa shape index (κ3) is 4.23. The van der Waals surface area contributed by atoms with Crippen molar-refractivity contribution < 1.29 is 13.6 Å². The molecule has 0 radical (unpaired) electrons. The summed E-state index contributed by atoms with van der Waals surface area (Å²) in [5, 5.41) is 2.68. The number of amides is 1. The van der Waals surface area contributed by atoms with Gasteiger partial charge in [0.25, 0.3) is 5.91 Å². The fraction of sp³-hybridized carbons (Fsp3) is 0.227. The molecule has 0 aliphatic carbocycles. The molecule has 2 aromatic carbocycles. The molecule has 0 unspecified atom stereocenters. The van der Waals surface area contributed by atoms with Gasteiger partial charge >= 0.3 is 0 Å². The van der Waals surface area contributed by atoms with Gasteiger partial charge in [0.2, 0.25) is 0 Å². The maximum absolute atomic E-state index is 14.1. The van der Waals surface area contributed by atoms with Gasteiger partial charge in [0, 0.05) is 24.7 Å². The molecular weight excluding hydrogens is 374 g/mol. The highest BCUT2D eigenvalue weighted by Crippen LogP contribution is 2.25. The van der Waals surface area contributed by atoms with Gasteiger partial charge in [-0.3, -0.25) is 4.79 Å². The number of rotatable bonds is 4. The van der Waals surface area contributed by atoms with Crippen molar-refractivity contribution in [1.82, 2.24) is 14.9 Å². The molecule has 29 heavy (non-hydrogen) atoms. The largest absolute Gasteiger partial charge is 0.337 e. The van der Waals surface area contributed by atoms with E-state index < -0.39 is 11.6 Å². The van der Waals surface area contributed by atoms with Gasteiger partial charge < -0.3 is 10.2 Å². The Morgan fingerprint density at radius 2 is 1.59 bits per heavy atom. The Bertz CT molecular complexity index is 1000. The molecule has 3 aromatic rings. The summed E-state index contributed by atoms with van der Waals surface area (Å²) in [6.07, 6.45) is 3.00.